The monoisotopic (exact) mass is 183 g/mol. The second-order valence-electron chi connectivity index (χ2n) is 3.28. The standard InChI is InChI=1S/C10H17NO2/c1-3-13-8-10(12)11-6-4-9(2)5-7-11/h4H,3,5-8H2,1-2H3. The lowest BCUT2D eigenvalue weighted by molar-refractivity contribution is -0.135. The first-order chi connectivity index (χ1) is 6.24. The van der Waals surface area contributed by atoms with Crippen LogP contribution in [0, 0.1) is 0 Å². The molecule has 1 rings (SSSR count). The molecule has 0 fully saturated rings. The molecular formula is C10H17NO2. The lowest BCUT2D eigenvalue weighted by atomic mass is 10.1. The van der Waals surface area contributed by atoms with Crippen LogP contribution in [0.1, 0.15) is 20.3 Å². The average molecular weight is 183 g/mol. The Morgan fingerprint density at radius 1 is 1.69 bits per heavy atom. The zero-order chi connectivity index (χ0) is 9.68. The number of rotatable bonds is 3. The highest BCUT2D eigenvalue weighted by Gasteiger charge is 2.14. The molecule has 0 saturated carbocycles. The average Bonchev–Trinajstić information content (AvgIpc) is 2.15. The first-order valence-electron chi connectivity index (χ1n) is 4.75. The molecule has 0 bridgehead atoms. The predicted octanol–water partition coefficient (Wildman–Crippen LogP) is 1.20. The van der Waals surface area contributed by atoms with Gasteiger partial charge in [0.15, 0.2) is 0 Å². The second-order valence-corrected chi connectivity index (χ2v) is 3.28. The summed E-state index contributed by atoms with van der Waals surface area (Å²) >= 11 is 0. The van der Waals surface area contributed by atoms with Crippen LogP contribution < -0.4 is 0 Å². The van der Waals surface area contributed by atoms with Gasteiger partial charge in [-0.15, -0.1) is 0 Å². The highest BCUT2D eigenvalue weighted by atomic mass is 16.5. The van der Waals surface area contributed by atoms with E-state index in [1.54, 1.807) is 0 Å². The van der Waals surface area contributed by atoms with E-state index >= 15 is 0 Å². The Labute approximate surface area is 79.4 Å². The van der Waals surface area contributed by atoms with Gasteiger partial charge in [0.25, 0.3) is 0 Å². The minimum absolute atomic E-state index is 0.102. The van der Waals surface area contributed by atoms with Crippen LogP contribution in [-0.4, -0.2) is 37.1 Å². The Hall–Kier alpha value is -0.830. The largest absolute Gasteiger partial charge is 0.372 e. The van der Waals surface area contributed by atoms with E-state index in [-0.39, 0.29) is 12.5 Å². The zero-order valence-electron chi connectivity index (χ0n) is 8.38. The van der Waals surface area contributed by atoms with Gasteiger partial charge in [0.05, 0.1) is 0 Å². The minimum Gasteiger partial charge on any atom is -0.372 e. The molecule has 1 amide bonds. The third kappa shape index (κ3) is 3.19. The lowest BCUT2D eigenvalue weighted by Gasteiger charge is -2.25. The van der Waals surface area contributed by atoms with Crippen molar-refractivity contribution in [2.24, 2.45) is 0 Å². The number of nitrogens with zero attached hydrogens (tertiary/aromatic N) is 1. The van der Waals surface area contributed by atoms with Gasteiger partial charge in [-0.25, -0.2) is 0 Å². The number of ether oxygens (including phenoxy) is 1. The van der Waals surface area contributed by atoms with Gasteiger partial charge in [0.2, 0.25) is 5.91 Å². The van der Waals surface area contributed by atoms with Gasteiger partial charge in [-0.1, -0.05) is 11.6 Å². The zero-order valence-corrected chi connectivity index (χ0v) is 8.38. The molecule has 0 aromatic carbocycles. The van der Waals surface area contributed by atoms with Crippen molar-refractivity contribution in [3.05, 3.63) is 11.6 Å². The quantitative estimate of drug-likeness (QED) is 0.615. The van der Waals surface area contributed by atoms with E-state index < -0.39 is 0 Å². The molecule has 0 atom stereocenters. The molecule has 0 radical (unpaired) electrons. The maximum atomic E-state index is 11.4. The molecule has 3 heteroatoms. The van der Waals surface area contributed by atoms with Crippen LogP contribution in [0.4, 0.5) is 0 Å². The van der Waals surface area contributed by atoms with Crippen molar-refractivity contribution in [2.75, 3.05) is 26.3 Å². The van der Waals surface area contributed by atoms with Gasteiger partial charge >= 0.3 is 0 Å². The summed E-state index contributed by atoms with van der Waals surface area (Å²) in [5.74, 6) is 0.102. The molecule has 3 nitrogen and oxygen atoms in total. The van der Waals surface area contributed by atoms with Crippen LogP contribution in [-0.2, 0) is 9.53 Å². The van der Waals surface area contributed by atoms with Crippen LogP contribution in [0.5, 0.6) is 0 Å². The van der Waals surface area contributed by atoms with Crippen LogP contribution in [0.3, 0.4) is 0 Å². The van der Waals surface area contributed by atoms with Gasteiger partial charge in [-0.2, -0.15) is 0 Å². The summed E-state index contributed by atoms with van der Waals surface area (Å²) in [5, 5.41) is 0. The molecule has 0 spiro atoms. The molecule has 1 heterocycles. The van der Waals surface area contributed by atoms with Gasteiger partial charge in [0, 0.05) is 19.7 Å². The maximum absolute atomic E-state index is 11.4. The summed E-state index contributed by atoms with van der Waals surface area (Å²) in [4.78, 5) is 13.3. The molecule has 0 aromatic rings. The van der Waals surface area contributed by atoms with Crippen LogP contribution in [0.25, 0.3) is 0 Å². The first kappa shape index (κ1) is 10.3. The highest BCUT2D eigenvalue weighted by Crippen LogP contribution is 2.09. The Balaban J connectivity index is 2.32. The smallest absolute Gasteiger partial charge is 0.248 e. The van der Waals surface area contributed by atoms with Crippen molar-refractivity contribution < 1.29 is 9.53 Å². The Kier molecular flexibility index (Phi) is 3.96. The first-order valence-corrected chi connectivity index (χ1v) is 4.75. The topological polar surface area (TPSA) is 29.5 Å². The Bertz CT molecular complexity index is 211. The molecule has 0 aliphatic carbocycles. The van der Waals surface area contributed by atoms with Gasteiger partial charge in [-0.3, -0.25) is 4.79 Å². The molecule has 1 aliphatic rings. The minimum atomic E-state index is 0.102. The number of carbonyl (C=O) groups is 1. The summed E-state index contributed by atoms with van der Waals surface area (Å²) < 4.78 is 5.06. The van der Waals surface area contributed by atoms with Crippen molar-refractivity contribution in [1.29, 1.82) is 0 Å². The fourth-order valence-electron chi connectivity index (χ4n) is 1.28. The van der Waals surface area contributed by atoms with E-state index in [1.165, 1.54) is 5.57 Å². The molecular weight excluding hydrogens is 166 g/mol. The Morgan fingerprint density at radius 3 is 3.00 bits per heavy atom. The predicted molar refractivity (Wildman–Crippen MR) is 51.4 cm³/mol. The molecule has 1 aliphatic heterocycles. The summed E-state index contributed by atoms with van der Waals surface area (Å²) in [6.45, 7) is 6.42. The van der Waals surface area contributed by atoms with Gasteiger partial charge < -0.3 is 9.64 Å². The van der Waals surface area contributed by atoms with Crippen molar-refractivity contribution in [1.82, 2.24) is 4.90 Å². The lowest BCUT2D eigenvalue weighted by Crippen LogP contribution is -2.37. The molecule has 0 aromatic heterocycles. The van der Waals surface area contributed by atoms with Gasteiger partial charge in [0.1, 0.15) is 6.61 Å². The normalized spacial score (nSPS) is 17.1. The fraction of sp³-hybridized carbons (Fsp3) is 0.700. The second kappa shape index (κ2) is 5.02. The summed E-state index contributed by atoms with van der Waals surface area (Å²) in [6, 6.07) is 0. The van der Waals surface area contributed by atoms with Crippen molar-refractivity contribution in [3.8, 4) is 0 Å². The molecule has 13 heavy (non-hydrogen) atoms. The summed E-state index contributed by atoms with van der Waals surface area (Å²) in [7, 11) is 0. The van der Waals surface area contributed by atoms with Crippen LogP contribution >= 0.6 is 0 Å². The van der Waals surface area contributed by atoms with E-state index in [4.69, 9.17) is 4.74 Å². The van der Waals surface area contributed by atoms with Crippen molar-refractivity contribution in [2.45, 2.75) is 20.3 Å². The van der Waals surface area contributed by atoms with Crippen molar-refractivity contribution >= 4 is 5.91 Å². The van der Waals surface area contributed by atoms with Crippen LogP contribution in [0.2, 0.25) is 0 Å². The molecule has 0 saturated heterocycles. The van der Waals surface area contributed by atoms with E-state index in [2.05, 4.69) is 13.0 Å². The number of amides is 1. The molecule has 74 valence electrons. The van der Waals surface area contributed by atoms with E-state index in [1.807, 2.05) is 11.8 Å². The third-order valence-corrected chi connectivity index (χ3v) is 2.22. The number of hydrogen-bond acceptors (Lipinski definition) is 2. The van der Waals surface area contributed by atoms with Gasteiger partial charge in [-0.05, 0) is 20.3 Å². The third-order valence-electron chi connectivity index (χ3n) is 2.22. The SMILES string of the molecule is CCOCC(=O)N1CC=C(C)CC1. The maximum Gasteiger partial charge on any atom is 0.248 e. The highest BCUT2D eigenvalue weighted by molar-refractivity contribution is 5.77. The van der Waals surface area contributed by atoms with E-state index in [0.717, 1.165) is 19.5 Å². The molecule has 0 N–H and O–H groups in total. The van der Waals surface area contributed by atoms with Crippen molar-refractivity contribution in [3.63, 3.8) is 0 Å². The van der Waals surface area contributed by atoms with E-state index in [0.29, 0.717) is 6.61 Å². The van der Waals surface area contributed by atoms with Crippen LogP contribution in [0.15, 0.2) is 11.6 Å². The van der Waals surface area contributed by atoms with E-state index in [9.17, 15) is 4.79 Å². The number of carbonyl (C=O) groups excluding carboxylic acids is 1. The summed E-state index contributed by atoms with van der Waals surface area (Å²) in [6.07, 6.45) is 3.10. The summed E-state index contributed by atoms with van der Waals surface area (Å²) in [5.41, 5.74) is 1.38. The number of hydrogen-bond donors (Lipinski definition) is 0. The fourth-order valence-corrected chi connectivity index (χ4v) is 1.28. The molecule has 0 unspecified atom stereocenters. The Morgan fingerprint density at radius 2 is 2.46 bits per heavy atom.